The summed E-state index contributed by atoms with van der Waals surface area (Å²) < 4.78 is 4.72. The summed E-state index contributed by atoms with van der Waals surface area (Å²) in [5, 5.41) is 17.8. The first kappa shape index (κ1) is 15.1. The fourth-order valence-corrected chi connectivity index (χ4v) is 0.915. The zero-order chi connectivity index (χ0) is 13.5. The average molecular weight is 235 g/mol. The van der Waals surface area contributed by atoms with E-state index in [-0.39, 0.29) is 12.5 Å². The predicted molar refractivity (Wildman–Crippen MR) is 63.1 cm³/mol. The van der Waals surface area contributed by atoms with Crippen LogP contribution >= 0.6 is 0 Å². The standard InChI is InChI=1S/C12H17N3O2/c1-5-17-11(16)10(6-13)7-15-12(4,8-14)9(2)3/h7,9-10H,5H2,1-4H3/t10-,12+/m1/s1. The Morgan fingerprint density at radius 2 is 2.12 bits per heavy atom. The van der Waals surface area contributed by atoms with Crippen LogP contribution in [-0.2, 0) is 9.53 Å². The number of esters is 1. The third-order valence-electron chi connectivity index (χ3n) is 2.52. The molecule has 0 saturated carbocycles. The minimum absolute atomic E-state index is 0.00899. The highest BCUT2D eigenvalue weighted by Gasteiger charge is 2.27. The van der Waals surface area contributed by atoms with E-state index in [1.54, 1.807) is 19.9 Å². The van der Waals surface area contributed by atoms with Crippen LogP contribution in [0, 0.1) is 34.5 Å². The van der Waals surface area contributed by atoms with Crippen molar-refractivity contribution in [3.8, 4) is 12.1 Å². The van der Waals surface area contributed by atoms with Crippen molar-refractivity contribution in [3.05, 3.63) is 0 Å². The SMILES string of the molecule is CCOC(=O)[C@H](C#N)C=N[C@@](C)(C#N)C(C)C. The quantitative estimate of drug-likeness (QED) is 0.536. The molecule has 0 aliphatic carbocycles. The van der Waals surface area contributed by atoms with Crippen LogP contribution < -0.4 is 0 Å². The van der Waals surface area contributed by atoms with Gasteiger partial charge >= 0.3 is 5.97 Å². The molecule has 0 heterocycles. The molecule has 5 heteroatoms. The first-order valence-corrected chi connectivity index (χ1v) is 5.44. The second-order valence-electron chi connectivity index (χ2n) is 4.05. The Morgan fingerprint density at radius 3 is 2.47 bits per heavy atom. The summed E-state index contributed by atoms with van der Waals surface area (Å²) in [6, 6.07) is 3.86. The number of hydrogen-bond acceptors (Lipinski definition) is 5. The molecular weight excluding hydrogens is 218 g/mol. The minimum Gasteiger partial charge on any atom is -0.465 e. The maximum atomic E-state index is 11.3. The van der Waals surface area contributed by atoms with Crippen LogP contribution in [0.25, 0.3) is 0 Å². The van der Waals surface area contributed by atoms with Crippen molar-refractivity contribution in [2.75, 3.05) is 6.61 Å². The van der Waals surface area contributed by atoms with Gasteiger partial charge < -0.3 is 4.74 Å². The van der Waals surface area contributed by atoms with Gasteiger partial charge in [-0.3, -0.25) is 9.79 Å². The molecule has 0 aromatic carbocycles. The molecule has 0 unspecified atom stereocenters. The Bertz CT molecular complexity index is 376. The number of hydrogen-bond donors (Lipinski definition) is 0. The van der Waals surface area contributed by atoms with Crippen LogP contribution in [0.15, 0.2) is 4.99 Å². The smallest absolute Gasteiger partial charge is 0.328 e. The molecule has 17 heavy (non-hydrogen) atoms. The van der Waals surface area contributed by atoms with Gasteiger partial charge in [0.2, 0.25) is 0 Å². The molecule has 0 rings (SSSR count). The molecular formula is C12H17N3O2. The van der Waals surface area contributed by atoms with E-state index in [0.29, 0.717) is 0 Å². The Kier molecular flexibility index (Phi) is 5.91. The monoisotopic (exact) mass is 235 g/mol. The van der Waals surface area contributed by atoms with Crippen molar-refractivity contribution in [2.24, 2.45) is 16.8 Å². The fourth-order valence-electron chi connectivity index (χ4n) is 0.915. The maximum Gasteiger partial charge on any atom is 0.328 e. The van der Waals surface area contributed by atoms with Gasteiger partial charge in [-0.2, -0.15) is 10.5 Å². The van der Waals surface area contributed by atoms with Crippen molar-refractivity contribution < 1.29 is 9.53 Å². The number of nitriles is 2. The number of ether oxygens (including phenoxy) is 1. The summed E-state index contributed by atoms with van der Waals surface area (Å²) in [7, 11) is 0. The van der Waals surface area contributed by atoms with E-state index in [4.69, 9.17) is 15.3 Å². The summed E-state index contributed by atoms with van der Waals surface area (Å²) in [6.07, 6.45) is 1.20. The molecule has 0 fully saturated rings. The molecule has 2 atom stereocenters. The normalized spacial score (nSPS) is 15.9. The van der Waals surface area contributed by atoms with Gasteiger partial charge in [0.1, 0.15) is 5.54 Å². The van der Waals surface area contributed by atoms with Gasteiger partial charge in [-0.15, -0.1) is 0 Å². The van der Waals surface area contributed by atoms with Gasteiger partial charge in [0.15, 0.2) is 5.92 Å². The van der Waals surface area contributed by atoms with Gasteiger partial charge in [0, 0.05) is 6.21 Å². The molecule has 0 aromatic rings. The van der Waals surface area contributed by atoms with Crippen molar-refractivity contribution in [1.29, 1.82) is 10.5 Å². The highest BCUT2D eigenvalue weighted by molar-refractivity contribution is 5.93. The Labute approximate surface area is 102 Å². The Hall–Kier alpha value is -1.88. The number of carbonyl (C=O) groups excluding carboxylic acids is 1. The second kappa shape index (κ2) is 6.65. The first-order valence-electron chi connectivity index (χ1n) is 5.44. The third-order valence-corrected chi connectivity index (χ3v) is 2.52. The van der Waals surface area contributed by atoms with E-state index in [0.717, 1.165) is 0 Å². The zero-order valence-corrected chi connectivity index (χ0v) is 10.6. The summed E-state index contributed by atoms with van der Waals surface area (Å²) in [4.78, 5) is 15.4. The van der Waals surface area contributed by atoms with Crippen LogP contribution in [0.2, 0.25) is 0 Å². The molecule has 0 aliphatic heterocycles. The lowest BCUT2D eigenvalue weighted by Gasteiger charge is -2.20. The average Bonchev–Trinajstić information content (AvgIpc) is 2.29. The number of rotatable bonds is 5. The number of nitrogens with zero attached hydrogens (tertiary/aromatic N) is 3. The Morgan fingerprint density at radius 1 is 1.53 bits per heavy atom. The van der Waals surface area contributed by atoms with E-state index >= 15 is 0 Å². The van der Waals surface area contributed by atoms with Gasteiger partial charge in [-0.1, -0.05) is 13.8 Å². The molecule has 0 N–H and O–H groups in total. The molecule has 0 radical (unpaired) electrons. The number of carbonyl (C=O) groups is 1. The fraction of sp³-hybridized carbons (Fsp3) is 0.667. The molecule has 0 saturated heterocycles. The van der Waals surface area contributed by atoms with Crippen molar-refractivity contribution >= 4 is 12.2 Å². The van der Waals surface area contributed by atoms with E-state index in [1.807, 2.05) is 13.8 Å². The lowest BCUT2D eigenvalue weighted by molar-refractivity contribution is -0.143. The van der Waals surface area contributed by atoms with Crippen LogP contribution in [0.4, 0.5) is 0 Å². The van der Waals surface area contributed by atoms with Crippen LogP contribution in [-0.4, -0.2) is 24.3 Å². The van der Waals surface area contributed by atoms with E-state index in [1.165, 1.54) is 6.21 Å². The lowest BCUT2D eigenvalue weighted by atomic mass is 9.91. The molecule has 0 aliphatic rings. The summed E-state index contributed by atoms with van der Waals surface area (Å²) >= 11 is 0. The van der Waals surface area contributed by atoms with Crippen molar-refractivity contribution in [3.63, 3.8) is 0 Å². The predicted octanol–water partition coefficient (Wildman–Crippen LogP) is 1.70. The van der Waals surface area contributed by atoms with E-state index < -0.39 is 17.4 Å². The minimum atomic E-state index is -1.05. The maximum absolute atomic E-state index is 11.3. The van der Waals surface area contributed by atoms with Crippen molar-refractivity contribution in [1.82, 2.24) is 0 Å². The summed E-state index contributed by atoms with van der Waals surface area (Å²) in [5.74, 6) is -1.70. The molecule has 0 aromatic heterocycles. The van der Waals surface area contributed by atoms with Gasteiger partial charge in [0.25, 0.3) is 0 Å². The second-order valence-corrected chi connectivity index (χ2v) is 4.05. The summed E-state index contributed by atoms with van der Waals surface area (Å²) in [5.41, 5.74) is -0.929. The molecule has 0 bridgehead atoms. The third kappa shape index (κ3) is 4.24. The van der Waals surface area contributed by atoms with Crippen LogP contribution in [0.3, 0.4) is 0 Å². The van der Waals surface area contributed by atoms with Crippen molar-refractivity contribution in [2.45, 2.75) is 33.2 Å². The highest BCUT2D eigenvalue weighted by Crippen LogP contribution is 2.20. The van der Waals surface area contributed by atoms with Crippen LogP contribution in [0.5, 0.6) is 0 Å². The molecule has 0 amide bonds. The van der Waals surface area contributed by atoms with Gasteiger partial charge in [-0.05, 0) is 19.8 Å². The Balaban J connectivity index is 4.86. The lowest BCUT2D eigenvalue weighted by Crippen LogP contribution is -2.28. The molecule has 5 nitrogen and oxygen atoms in total. The topological polar surface area (TPSA) is 86.2 Å². The van der Waals surface area contributed by atoms with E-state index in [2.05, 4.69) is 11.1 Å². The molecule has 0 spiro atoms. The van der Waals surface area contributed by atoms with Gasteiger partial charge in [0.05, 0.1) is 18.7 Å². The van der Waals surface area contributed by atoms with Crippen LogP contribution in [0.1, 0.15) is 27.7 Å². The number of aliphatic imine (C=N–C) groups is 1. The first-order chi connectivity index (χ1) is 7.91. The van der Waals surface area contributed by atoms with E-state index in [9.17, 15) is 4.79 Å². The zero-order valence-electron chi connectivity index (χ0n) is 10.6. The largest absolute Gasteiger partial charge is 0.465 e. The molecule has 92 valence electrons. The van der Waals surface area contributed by atoms with Gasteiger partial charge in [-0.25, -0.2) is 0 Å². The highest BCUT2D eigenvalue weighted by atomic mass is 16.5. The summed E-state index contributed by atoms with van der Waals surface area (Å²) in [6.45, 7) is 7.24.